The summed E-state index contributed by atoms with van der Waals surface area (Å²) in [5, 5.41) is 0. The van der Waals surface area contributed by atoms with Crippen molar-refractivity contribution in [1.29, 1.82) is 0 Å². The second-order valence-electron chi connectivity index (χ2n) is 9.22. The Labute approximate surface area is 228 Å². The van der Waals surface area contributed by atoms with Crippen LogP contribution in [-0.2, 0) is 28.2 Å². The van der Waals surface area contributed by atoms with Gasteiger partial charge in [0.25, 0.3) is 5.91 Å². The standard InChI is InChI=1S/C29H26F3NO5S/c1-2-36-27(34)15-22-9-6-18-14-23(12-13-26(18)37-22)39-17-19-4-3-5-24-25(19)16-33(28(24)35)20-7-10-21(11-8-20)38-29(30,31)32/h3-5,7-8,10-14,22H,2,6,9,15-17H2,1H3. The third kappa shape index (κ3) is 6.33. The highest BCUT2D eigenvalue weighted by Crippen LogP contribution is 2.37. The normalized spacial score (nSPS) is 16.4. The lowest BCUT2D eigenvalue weighted by molar-refractivity contribution is -0.274. The van der Waals surface area contributed by atoms with Gasteiger partial charge >= 0.3 is 12.3 Å². The van der Waals surface area contributed by atoms with Crippen LogP contribution in [0.3, 0.4) is 0 Å². The molecule has 10 heteroatoms. The molecule has 2 aliphatic rings. The number of anilines is 1. The Bertz CT molecular complexity index is 1380. The van der Waals surface area contributed by atoms with Gasteiger partial charge in [0.1, 0.15) is 17.6 Å². The van der Waals surface area contributed by atoms with Gasteiger partial charge in [-0.15, -0.1) is 24.9 Å². The van der Waals surface area contributed by atoms with Gasteiger partial charge in [-0.05, 0) is 85.0 Å². The fourth-order valence-electron chi connectivity index (χ4n) is 4.79. The fraction of sp³-hybridized carbons (Fsp3) is 0.310. The van der Waals surface area contributed by atoms with Gasteiger partial charge in [0.05, 0.1) is 19.6 Å². The second kappa shape index (κ2) is 11.2. The van der Waals surface area contributed by atoms with Crippen molar-refractivity contribution in [3.63, 3.8) is 0 Å². The van der Waals surface area contributed by atoms with Crippen molar-refractivity contribution in [1.82, 2.24) is 0 Å². The first kappa shape index (κ1) is 26.9. The number of ether oxygens (including phenoxy) is 3. The lowest BCUT2D eigenvalue weighted by Gasteiger charge is -2.26. The molecule has 0 saturated heterocycles. The Morgan fingerprint density at radius 3 is 2.67 bits per heavy atom. The van der Waals surface area contributed by atoms with Crippen molar-refractivity contribution < 1.29 is 37.0 Å². The molecule has 1 amide bonds. The van der Waals surface area contributed by atoms with Gasteiger partial charge < -0.3 is 19.1 Å². The molecule has 0 fully saturated rings. The topological polar surface area (TPSA) is 65.1 Å². The zero-order valence-electron chi connectivity index (χ0n) is 21.1. The Kier molecular flexibility index (Phi) is 7.74. The highest BCUT2D eigenvalue weighted by molar-refractivity contribution is 7.98. The summed E-state index contributed by atoms with van der Waals surface area (Å²) in [6, 6.07) is 16.9. The van der Waals surface area contributed by atoms with Crippen LogP contribution in [0.5, 0.6) is 11.5 Å². The summed E-state index contributed by atoms with van der Waals surface area (Å²) >= 11 is 1.65. The van der Waals surface area contributed by atoms with Crippen molar-refractivity contribution in [3.8, 4) is 11.5 Å². The van der Waals surface area contributed by atoms with Crippen LogP contribution in [0, 0.1) is 0 Å². The van der Waals surface area contributed by atoms with Crippen LogP contribution >= 0.6 is 11.8 Å². The number of carbonyl (C=O) groups is 2. The molecule has 2 aliphatic heterocycles. The number of hydrogen-bond donors (Lipinski definition) is 0. The van der Waals surface area contributed by atoms with E-state index < -0.39 is 6.36 Å². The van der Waals surface area contributed by atoms with E-state index >= 15 is 0 Å². The van der Waals surface area contributed by atoms with Crippen molar-refractivity contribution in [2.75, 3.05) is 11.5 Å². The highest BCUT2D eigenvalue weighted by Gasteiger charge is 2.32. The molecule has 0 radical (unpaired) electrons. The SMILES string of the molecule is CCOC(=O)CC1CCc2cc(SCc3cccc4c3CN(c3ccc(OC(F)(F)F)cc3)C4=O)ccc2O1. The Hall–Kier alpha value is -3.66. The molecule has 3 aromatic rings. The summed E-state index contributed by atoms with van der Waals surface area (Å²) in [6.45, 7) is 2.47. The van der Waals surface area contributed by atoms with Gasteiger partial charge in [0.2, 0.25) is 0 Å². The number of thioether (sulfide) groups is 1. The van der Waals surface area contributed by atoms with Crippen LogP contribution in [0.2, 0.25) is 0 Å². The van der Waals surface area contributed by atoms with E-state index in [0.29, 0.717) is 30.2 Å². The minimum atomic E-state index is -4.77. The summed E-state index contributed by atoms with van der Waals surface area (Å²) in [6.07, 6.45) is -3.16. The van der Waals surface area contributed by atoms with Gasteiger partial charge in [-0.1, -0.05) is 12.1 Å². The van der Waals surface area contributed by atoms with Crippen molar-refractivity contribution >= 4 is 29.3 Å². The summed E-state index contributed by atoms with van der Waals surface area (Å²) < 4.78 is 52.4. The van der Waals surface area contributed by atoms with E-state index in [4.69, 9.17) is 9.47 Å². The summed E-state index contributed by atoms with van der Waals surface area (Å²) in [5.41, 5.74) is 4.12. The molecule has 3 aromatic carbocycles. The summed E-state index contributed by atoms with van der Waals surface area (Å²) in [5.74, 6) is 0.655. The number of hydrogen-bond acceptors (Lipinski definition) is 6. The number of rotatable bonds is 8. The molecular formula is C29H26F3NO5S. The molecule has 1 unspecified atom stereocenters. The number of halogens is 3. The molecule has 0 bridgehead atoms. The van der Waals surface area contributed by atoms with Gasteiger partial charge in [-0.25, -0.2) is 0 Å². The largest absolute Gasteiger partial charge is 0.573 e. The first-order chi connectivity index (χ1) is 18.7. The number of esters is 1. The minimum Gasteiger partial charge on any atom is -0.490 e. The smallest absolute Gasteiger partial charge is 0.490 e. The molecule has 204 valence electrons. The molecule has 0 saturated carbocycles. The number of amides is 1. The number of fused-ring (bicyclic) bond motifs is 2. The maximum atomic E-state index is 13.1. The molecule has 2 heterocycles. The van der Waals surface area contributed by atoms with Crippen LogP contribution in [0.25, 0.3) is 0 Å². The highest BCUT2D eigenvalue weighted by atomic mass is 32.2. The van der Waals surface area contributed by atoms with Gasteiger partial charge in [0.15, 0.2) is 0 Å². The fourth-order valence-corrected chi connectivity index (χ4v) is 5.77. The third-order valence-corrected chi connectivity index (χ3v) is 7.64. The molecule has 0 aliphatic carbocycles. The number of benzene rings is 3. The molecule has 5 rings (SSSR count). The zero-order valence-corrected chi connectivity index (χ0v) is 21.9. The molecule has 0 spiro atoms. The average Bonchev–Trinajstić information content (AvgIpc) is 3.24. The maximum Gasteiger partial charge on any atom is 0.573 e. The number of carbonyl (C=O) groups excluding carboxylic acids is 2. The van der Waals surface area contributed by atoms with Crippen LogP contribution in [0.4, 0.5) is 18.9 Å². The molecule has 1 atom stereocenters. The first-order valence-electron chi connectivity index (χ1n) is 12.6. The van der Waals surface area contributed by atoms with E-state index in [2.05, 4.69) is 10.8 Å². The van der Waals surface area contributed by atoms with Crippen LogP contribution < -0.4 is 14.4 Å². The molecule has 39 heavy (non-hydrogen) atoms. The maximum absolute atomic E-state index is 13.1. The molecule has 0 aromatic heterocycles. The summed E-state index contributed by atoms with van der Waals surface area (Å²) in [4.78, 5) is 27.5. The Morgan fingerprint density at radius 2 is 1.92 bits per heavy atom. The quantitative estimate of drug-likeness (QED) is 0.227. The lowest BCUT2D eigenvalue weighted by atomic mass is 10.0. The molecule has 0 N–H and O–H groups in total. The zero-order chi connectivity index (χ0) is 27.6. The number of alkyl halides is 3. The molecular weight excluding hydrogens is 531 g/mol. The monoisotopic (exact) mass is 557 g/mol. The van der Waals surface area contributed by atoms with E-state index in [0.717, 1.165) is 40.2 Å². The van der Waals surface area contributed by atoms with E-state index in [1.54, 1.807) is 29.7 Å². The minimum absolute atomic E-state index is 0.184. The van der Waals surface area contributed by atoms with E-state index in [1.807, 2.05) is 24.3 Å². The first-order valence-corrected chi connectivity index (χ1v) is 13.5. The third-order valence-electron chi connectivity index (χ3n) is 6.60. The molecule has 6 nitrogen and oxygen atoms in total. The van der Waals surface area contributed by atoms with Crippen LogP contribution in [0.15, 0.2) is 65.6 Å². The van der Waals surface area contributed by atoms with E-state index in [9.17, 15) is 22.8 Å². The van der Waals surface area contributed by atoms with Gasteiger partial charge in [0, 0.05) is 21.9 Å². The lowest BCUT2D eigenvalue weighted by Crippen LogP contribution is -2.26. The second-order valence-corrected chi connectivity index (χ2v) is 10.3. The van der Waals surface area contributed by atoms with E-state index in [-0.39, 0.29) is 30.2 Å². The van der Waals surface area contributed by atoms with Crippen molar-refractivity contribution in [2.24, 2.45) is 0 Å². The Morgan fingerprint density at radius 1 is 1.13 bits per heavy atom. The number of aryl methyl sites for hydroxylation is 1. The average molecular weight is 558 g/mol. The van der Waals surface area contributed by atoms with Crippen LogP contribution in [-0.4, -0.2) is 30.9 Å². The van der Waals surface area contributed by atoms with E-state index in [1.165, 1.54) is 24.3 Å². The predicted molar refractivity (Wildman–Crippen MR) is 140 cm³/mol. The van der Waals surface area contributed by atoms with Gasteiger partial charge in [-0.3, -0.25) is 9.59 Å². The summed E-state index contributed by atoms with van der Waals surface area (Å²) in [7, 11) is 0. The predicted octanol–water partition coefficient (Wildman–Crippen LogP) is 6.68. The van der Waals surface area contributed by atoms with Crippen LogP contribution in [0.1, 0.15) is 46.8 Å². The van der Waals surface area contributed by atoms with Gasteiger partial charge in [-0.2, -0.15) is 0 Å². The van der Waals surface area contributed by atoms with Crippen molar-refractivity contribution in [2.45, 2.75) is 55.8 Å². The van der Waals surface area contributed by atoms with Crippen molar-refractivity contribution in [3.05, 3.63) is 82.9 Å². The number of nitrogens with zero attached hydrogens (tertiary/aromatic N) is 1. The Balaban J connectivity index is 1.24.